The summed E-state index contributed by atoms with van der Waals surface area (Å²) in [5.74, 6) is -1.69. The molecule has 1 saturated heterocycles. The summed E-state index contributed by atoms with van der Waals surface area (Å²) in [6.07, 6.45) is -1.93. The van der Waals surface area contributed by atoms with Gasteiger partial charge in [-0.1, -0.05) is 6.08 Å². The van der Waals surface area contributed by atoms with E-state index in [1.54, 1.807) is 19.0 Å². The van der Waals surface area contributed by atoms with Gasteiger partial charge in [0.2, 0.25) is 5.56 Å². The van der Waals surface area contributed by atoms with Gasteiger partial charge in [-0.3, -0.25) is 14.5 Å². The molecule has 2 atom stereocenters. The minimum absolute atomic E-state index is 0.0766. The molecule has 3 amide bonds. The van der Waals surface area contributed by atoms with E-state index < -0.39 is 34.6 Å². The lowest BCUT2D eigenvalue weighted by atomic mass is 9.98. The van der Waals surface area contributed by atoms with Gasteiger partial charge in [0.25, 0.3) is 5.91 Å². The monoisotopic (exact) mass is 578 g/mol. The van der Waals surface area contributed by atoms with E-state index in [0.717, 1.165) is 6.20 Å². The first-order valence-electron chi connectivity index (χ1n) is 13.2. The normalized spacial score (nSPS) is 20.1. The number of likely N-dealkylation sites (N-methyl/N-ethyl adjacent to an activating group) is 1. The van der Waals surface area contributed by atoms with Gasteiger partial charge in [-0.05, 0) is 45.0 Å². The average molecular weight is 579 g/mol. The van der Waals surface area contributed by atoms with Crippen molar-refractivity contribution < 1.29 is 27.2 Å². The van der Waals surface area contributed by atoms with Crippen LogP contribution < -0.4 is 15.8 Å². The van der Waals surface area contributed by atoms with Gasteiger partial charge in [0.1, 0.15) is 5.82 Å². The third-order valence-electron chi connectivity index (χ3n) is 7.66. The standard InChI is InChI=1S/C28H34F4N6O3/c1-16-13-38(14-17(2)36(16)5)24-11-22(29)19(18-7-6-8-37(15-18)27(41)35(3)4)9-23(24)34-26(40)20-12-33-25(39)10-21(20)28(30,31)32/h7,9-12,16-17H,6,8,13-15H2,1-5H3,(H,33,39)(H,34,40). The van der Waals surface area contributed by atoms with Crippen LogP contribution in [0.4, 0.5) is 33.7 Å². The van der Waals surface area contributed by atoms with E-state index in [1.165, 1.54) is 17.0 Å². The number of hydrogen-bond acceptors (Lipinski definition) is 5. The summed E-state index contributed by atoms with van der Waals surface area (Å²) < 4.78 is 56.9. The van der Waals surface area contributed by atoms with Crippen molar-refractivity contribution in [1.82, 2.24) is 19.7 Å². The molecule has 1 aromatic carbocycles. The fraction of sp³-hybridized carbons (Fsp3) is 0.464. The Hall–Kier alpha value is -3.87. The maximum Gasteiger partial charge on any atom is 0.417 e. The molecular weight excluding hydrogens is 544 g/mol. The number of carbonyl (C=O) groups excluding carboxylic acids is 2. The molecule has 222 valence electrons. The lowest BCUT2D eigenvalue weighted by Gasteiger charge is -2.44. The Morgan fingerprint density at radius 3 is 2.37 bits per heavy atom. The molecule has 0 radical (unpaired) electrons. The van der Waals surface area contributed by atoms with Gasteiger partial charge in [-0.15, -0.1) is 0 Å². The number of halogens is 4. The number of anilines is 2. The maximum absolute atomic E-state index is 15.8. The lowest BCUT2D eigenvalue weighted by molar-refractivity contribution is -0.138. The molecule has 2 aliphatic heterocycles. The Morgan fingerprint density at radius 1 is 1.10 bits per heavy atom. The Morgan fingerprint density at radius 2 is 1.76 bits per heavy atom. The number of nitrogens with zero attached hydrogens (tertiary/aromatic N) is 4. The Kier molecular flexibility index (Phi) is 8.48. The first-order valence-corrected chi connectivity index (χ1v) is 13.2. The highest BCUT2D eigenvalue weighted by Crippen LogP contribution is 2.37. The summed E-state index contributed by atoms with van der Waals surface area (Å²) in [5.41, 5.74) is -2.06. The predicted octanol–water partition coefficient (Wildman–Crippen LogP) is 4.08. The van der Waals surface area contributed by atoms with Gasteiger partial charge in [-0.2, -0.15) is 13.2 Å². The molecule has 13 heteroatoms. The number of hydrogen-bond donors (Lipinski definition) is 2. The quantitative estimate of drug-likeness (QED) is 0.534. The summed E-state index contributed by atoms with van der Waals surface area (Å²) in [6.45, 7) is 5.57. The minimum atomic E-state index is -4.95. The zero-order valence-electron chi connectivity index (χ0n) is 23.6. The average Bonchev–Trinajstić information content (AvgIpc) is 2.91. The molecule has 0 saturated carbocycles. The molecule has 1 fully saturated rings. The highest BCUT2D eigenvalue weighted by atomic mass is 19.4. The number of carbonyl (C=O) groups is 2. The number of amides is 3. The Bertz CT molecular complexity index is 1410. The number of aromatic nitrogens is 1. The van der Waals surface area contributed by atoms with Crippen molar-refractivity contribution >= 4 is 28.9 Å². The Balaban J connectivity index is 1.78. The topological polar surface area (TPSA) is 92.0 Å². The summed E-state index contributed by atoms with van der Waals surface area (Å²) >= 11 is 0. The second-order valence-corrected chi connectivity index (χ2v) is 10.8. The van der Waals surface area contributed by atoms with Crippen LogP contribution in [-0.4, -0.2) is 91.0 Å². The van der Waals surface area contributed by atoms with Crippen molar-refractivity contribution in [3.63, 3.8) is 0 Å². The van der Waals surface area contributed by atoms with Crippen molar-refractivity contribution in [3.8, 4) is 0 Å². The zero-order valence-corrected chi connectivity index (χ0v) is 23.6. The molecule has 41 heavy (non-hydrogen) atoms. The first kappa shape index (κ1) is 30.1. The third-order valence-corrected chi connectivity index (χ3v) is 7.66. The summed E-state index contributed by atoms with van der Waals surface area (Å²) in [7, 11) is 5.21. The van der Waals surface area contributed by atoms with E-state index in [4.69, 9.17) is 0 Å². The number of benzene rings is 1. The molecule has 0 bridgehead atoms. The van der Waals surface area contributed by atoms with Gasteiger partial charge in [-0.25, -0.2) is 9.18 Å². The van der Waals surface area contributed by atoms with Gasteiger partial charge >= 0.3 is 12.2 Å². The lowest BCUT2D eigenvalue weighted by Crippen LogP contribution is -2.55. The summed E-state index contributed by atoms with van der Waals surface area (Å²) in [6, 6.07) is 2.93. The van der Waals surface area contributed by atoms with Gasteiger partial charge in [0.05, 0.1) is 22.5 Å². The fourth-order valence-corrected chi connectivity index (χ4v) is 5.24. The van der Waals surface area contributed by atoms with Crippen molar-refractivity contribution in [2.45, 2.75) is 38.5 Å². The number of rotatable bonds is 4. The molecule has 4 rings (SSSR count). The molecular formula is C28H34F4N6O3. The molecule has 0 spiro atoms. The highest BCUT2D eigenvalue weighted by Gasteiger charge is 2.36. The van der Waals surface area contributed by atoms with Gasteiger partial charge < -0.3 is 25.0 Å². The molecule has 0 aliphatic carbocycles. The molecule has 2 unspecified atom stereocenters. The fourth-order valence-electron chi connectivity index (χ4n) is 5.24. The third kappa shape index (κ3) is 6.39. The number of aromatic amines is 1. The highest BCUT2D eigenvalue weighted by molar-refractivity contribution is 6.07. The van der Waals surface area contributed by atoms with Gasteiger partial charge in [0.15, 0.2) is 0 Å². The largest absolute Gasteiger partial charge is 0.417 e. The predicted molar refractivity (Wildman–Crippen MR) is 149 cm³/mol. The number of piperazine rings is 1. The van der Waals surface area contributed by atoms with Crippen molar-refractivity contribution in [2.75, 3.05) is 57.5 Å². The van der Waals surface area contributed by atoms with Crippen LogP contribution in [0.25, 0.3) is 5.57 Å². The number of H-pyrrole nitrogens is 1. The second-order valence-electron chi connectivity index (χ2n) is 10.8. The molecule has 2 aliphatic rings. The van der Waals surface area contributed by atoms with Crippen LogP contribution in [0.3, 0.4) is 0 Å². The smallest absolute Gasteiger partial charge is 0.367 e. The van der Waals surface area contributed by atoms with Crippen LogP contribution in [0.2, 0.25) is 0 Å². The SMILES string of the molecule is CC1CN(c2cc(F)c(C3=CCCN(C(=O)N(C)C)C3)cc2NC(=O)c2c[nH]c(=O)cc2C(F)(F)F)CC(C)N1C. The second kappa shape index (κ2) is 11.6. The zero-order chi connectivity index (χ0) is 30.2. The first-order chi connectivity index (χ1) is 19.2. The van der Waals surface area contributed by atoms with E-state index in [0.29, 0.717) is 43.4 Å². The van der Waals surface area contributed by atoms with Crippen LogP contribution in [0.5, 0.6) is 0 Å². The minimum Gasteiger partial charge on any atom is -0.367 e. The number of alkyl halides is 3. The van der Waals surface area contributed by atoms with Crippen LogP contribution >= 0.6 is 0 Å². The van der Waals surface area contributed by atoms with Crippen molar-refractivity contribution in [1.29, 1.82) is 0 Å². The number of urea groups is 1. The molecule has 2 N–H and O–H groups in total. The van der Waals surface area contributed by atoms with E-state index in [1.807, 2.05) is 31.9 Å². The van der Waals surface area contributed by atoms with E-state index in [2.05, 4.69) is 15.2 Å². The Labute approximate surface area is 235 Å². The number of nitrogens with one attached hydrogen (secondary N) is 2. The van der Waals surface area contributed by atoms with E-state index >= 15 is 4.39 Å². The molecule has 1 aromatic heterocycles. The maximum atomic E-state index is 15.8. The van der Waals surface area contributed by atoms with Crippen LogP contribution in [0.1, 0.15) is 41.8 Å². The summed E-state index contributed by atoms with van der Waals surface area (Å²) in [4.78, 5) is 46.6. The molecule has 9 nitrogen and oxygen atoms in total. The van der Waals surface area contributed by atoms with Gasteiger partial charge in [0, 0.05) is 70.2 Å². The van der Waals surface area contributed by atoms with E-state index in [9.17, 15) is 27.6 Å². The van der Waals surface area contributed by atoms with Crippen LogP contribution in [0, 0.1) is 5.82 Å². The van der Waals surface area contributed by atoms with Crippen molar-refractivity contribution in [2.24, 2.45) is 0 Å². The molecule has 2 aromatic rings. The van der Waals surface area contributed by atoms with Crippen molar-refractivity contribution in [3.05, 3.63) is 63.3 Å². The summed E-state index contributed by atoms with van der Waals surface area (Å²) in [5, 5.41) is 2.56. The van der Waals surface area contributed by atoms with Crippen LogP contribution in [0.15, 0.2) is 35.3 Å². The van der Waals surface area contributed by atoms with Crippen LogP contribution in [-0.2, 0) is 6.18 Å². The number of pyridine rings is 1. The molecule has 3 heterocycles. The van der Waals surface area contributed by atoms with E-state index in [-0.39, 0.29) is 35.9 Å².